The molecule has 0 rings (SSSR count). The van der Waals surface area contributed by atoms with E-state index in [0.717, 1.165) is 11.8 Å². The highest BCUT2D eigenvalue weighted by Crippen LogP contribution is 2.30. The van der Waals surface area contributed by atoms with Crippen LogP contribution in [-0.4, -0.2) is 0 Å². The van der Waals surface area contributed by atoms with Crippen molar-refractivity contribution in [2.24, 2.45) is 17.3 Å². The second kappa shape index (κ2) is 4.89. The molecule has 0 bridgehead atoms. The molecule has 0 aromatic carbocycles. The molecule has 0 aliphatic rings. The zero-order valence-corrected chi connectivity index (χ0v) is 9.65. The van der Waals surface area contributed by atoms with Gasteiger partial charge in [-0.05, 0) is 30.1 Å². The van der Waals surface area contributed by atoms with Crippen LogP contribution >= 0.6 is 0 Å². The molecule has 0 spiro atoms. The summed E-state index contributed by atoms with van der Waals surface area (Å²) in [5, 5.41) is 0. The van der Waals surface area contributed by atoms with Gasteiger partial charge in [0.1, 0.15) is 0 Å². The first-order valence-corrected chi connectivity index (χ1v) is 5.23. The molecule has 12 heavy (non-hydrogen) atoms. The van der Waals surface area contributed by atoms with E-state index in [1.165, 1.54) is 12.8 Å². The van der Waals surface area contributed by atoms with Gasteiger partial charge in [0.25, 0.3) is 0 Å². The summed E-state index contributed by atoms with van der Waals surface area (Å²) < 4.78 is 0. The van der Waals surface area contributed by atoms with Crippen molar-refractivity contribution in [1.29, 1.82) is 0 Å². The predicted octanol–water partition coefficient (Wildman–Crippen LogP) is 4.31. The van der Waals surface area contributed by atoms with Crippen molar-refractivity contribution in [3.05, 3.63) is 6.42 Å². The van der Waals surface area contributed by atoms with Crippen LogP contribution in [0.3, 0.4) is 0 Å². The lowest BCUT2D eigenvalue weighted by atomic mass is 9.79. The molecule has 0 heteroatoms. The highest BCUT2D eigenvalue weighted by Gasteiger charge is 2.19. The molecule has 0 aliphatic carbocycles. The van der Waals surface area contributed by atoms with E-state index in [1.807, 2.05) is 0 Å². The molecule has 0 nitrogen and oxygen atoms in total. The lowest BCUT2D eigenvalue weighted by molar-refractivity contribution is 0.344. The standard InChI is InChI=1S/C12H25/c1-7-12(5,6)9-11(4)8-10(2)3/h9-11H,7-8H2,1-6H3. The Morgan fingerprint density at radius 2 is 1.67 bits per heavy atom. The summed E-state index contributed by atoms with van der Waals surface area (Å²) in [6.45, 7) is 13.8. The molecule has 1 radical (unpaired) electrons. The first-order valence-electron chi connectivity index (χ1n) is 5.23. The van der Waals surface area contributed by atoms with Crippen molar-refractivity contribution in [2.45, 2.75) is 54.4 Å². The molecular weight excluding hydrogens is 144 g/mol. The minimum atomic E-state index is 0.425. The molecule has 0 saturated heterocycles. The molecule has 0 aromatic heterocycles. The average molecular weight is 169 g/mol. The highest BCUT2D eigenvalue weighted by atomic mass is 14.2. The van der Waals surface area contributed by atoms with Crippen molar-refractivity contribution >= 4 is 0 Å². The molecule has 0 aromatic rings. The van der Waals surface area contributed by atoms with Crippen LogP contribution in [-0.2, 0) is 0 Å². The second-order valence-corrected chi connectivity index (χ2v) is 5.12. The van der Waals surface area contributed by atoms with Crippen molar-refractivity contribution in [3.8, 4) is 0 Å². The lowest BCUT2D eigenvalue weighted by Gasteiger charge is -2.26. The number of hydrogen-bond donors (Lipinski definition) is 0. The molecule has 0 aliphatic heterocycles. The largest absolute Gasteiger partial charge is 0.0649 e. The smallest absolute Gasteiger partial charge is 0.0301 e. The van der Waals surface area contributed by atoms with Crippen LogP contribution in [0.15, 0.2) is 0 Å². The third-order valence-corrected chi connectivity index (χ3v) is 2.49. The fourth-order valence-electron chi connectivity index (χ4n) is 1.70. The van der Waals surface area contributed by atoms with Gasteiger partial charge in [-0.3, -0.25) is 0 Å². The maximum atomic E-state index is 2.51. The summed E-state index contributed by atoms with van der Waals surface area (Å²) in [5.41, 5.74) is 0.425. The third-order valence-electron chi connectivity index (χ3n) is 2.49. The van der Waals surface area contributed by atoms with Gasteiger partial charge < -0.3 is 0 Å². The zero-order chi connectivity index (χ0) is 9.78. The Balaban J connectivity index is 3.75. The molecular formula is C12H25. The summed E-state index contributed by atoms with van der Waals surface area (Å²) in [7, 11) is 0. The summed E-state index contributed by atoms with van der Waals surface area (Å²) in [5.74, 6) is 1.59. The van der Waals surface area contributed by atoms with Crippen LogP contribution in [0, 0.1) is 23.7 Å². The first-order chi connectivity index (χ1) is 5.37. The molecule has 1 atom stereocenters. The van der Waals surface area contributed by atoms with E-state index in [-0.39, 0.29) is 0 Å². The Kier molecular flexibility index (Phi) is 4.89. The van der Waals surface area contributed by atoms with Crippen molar-refractivity contribution < 1.29 is 0 Å². The monoisotopic (exact) mass is 169 g/mol. The Hall–Kier alpha value is 0. The van der Waals surface area contributed by atoms with Gasteiger partial charge >= 0.3 is 0 Å². The van der Waals surface area contributed by atoms with E-state index in [1.54, 1.807) is 0 Å². The van der Waals surface area contributed by atoms with E-state index in [9.17, 15) is 0 Å². The third kappa shape index (κ3) is 5.62. The Bertz CT molecular complexity index is 111. The van der Waals surface area contributed by atoms with Gasteiger partial charge in [-0.15, -0.1) is 0 Å². The zero-order valence-electron chi connectivity index (χ0n) is 9.65. The maximum absolute atomic E-state index is 2.51. The van der Waals surface area contributed by atoms with Crippen molar-refractivity contribution in [3.63, 3.8) is 0 Å². The summed E-state index contributed by atoms with van der Waals surface area (Å²) >= 11 is 0. The second-order valence-electron chi connectivity index (χ2n) is 5.12. The predicted molar refractivity (Wildman–Crippen MR) is 57.0 cm³/mol. The van der Waals surface area contributed by atoms with E-state index in [0.29, 0.717) is 5.41 Å². The minimum absolute atomic E-state index is 0.425. The SMILES string of the molecule is CCC(C)(C)[CH]C(C)CC(C)C. The van der Waals surface area contributed by atoms with Gasteiger partial charge in [0.2, 0.25) is 0 Å². The van der Waals surface area contributed by atoms with E-state index >= 15 is 0 Å². The topological polar surface area (TPSA) is 0 Å². The Labute approximate surface area is 78.8 Å². The summed E-state index contributed by atoms with van der Waals surface area (Å²) in [6, 6.07) is 0. The highest BCUT2D eigenvalue weighted by molar-refractivity contribution is 4.87. The molecule has 0 saturated carbocycles. The van der Waals surface area contributed by atoms with Crippen molar-refractivity contribution in [2.75, 3.05) is 0 Å². The molecule has 0 N–H and O–H groups in total. The van der Waals surface area contributed by atoms with Crippen LogP contribution in [0.2, 0.25) is 0 Å². The molecule has 73 valence electrons. The normalized spacial score (nSPS) is 15.2. The average Bonchev–Trinajstić information content (AvgIpc) is 1.84. The van der Waals surface area contributed by atoms with E-state index in [4.69, 9.17) is 0 Å². The van der Waals surface area contributed by atoms with Crippen LogP contribution in [0.1, 0.15) is 54.4 Å². The van der Waals surface area contributed by atoms with Gasteiger partial charge in [0.15, 0.2) is 0 Å². The minimum Gasteiger partial charge on any atom is -0.0649 e. The summed E-state index contributed by atoms with van der Waals surface area (Å²) in [6.07, 6.45) is 5.08. The van der Waals surface area contributed by atoms with Gasteiger partial charge in [-0.1, -0.05) is 48.0 Å². The van der Waals surface area contributed by atoms with Crippen molar-refractivity contribution in [1.82, 2.24) is 0 Å². The van der Waals surface area contributed by atoms with Gasteiger partial charge in [0.05, 0.1) is 0 Å². The number of rotatable bonds is 5. The van der Waals surface area contributed by atoms with Gasteiger partial charge in [-0.2, -0.15) is 0 Å². The molecule has 0 fully saturated rings. The fourth-order valence-corrected chi connectivity index (χ4v) is 1.70. The first kappa shape index (κ1) is 12.0. The molecule has 0 amide bonds. The maximum Gasteiger partial charge on any atom is -0.0301 e. The molecule has 0 heterocycles. The van der Waals surface area contributed by atoms with Crippen LogP contribution < -0.4 is 0 Å². The quantitative estimate of drug-likeness (QED) is 0.575. The van der Waals surface area contributed by atoms with Crippen LogP contribution in [0.4, 0.5) is 0 Å². The van der Waals surface area contributed by atoms with Crippen LogP contribution in [0.5, 0.6) is 0 Å². The fraction of sp³-hybridized carbons (Fsp3) is 0.917. The van der Waals surface area contributed by atoms with E-state index < -0.39 is 0 Å². The van der Waals surface area contributed by atoms with Gasteiger partial charge in [-0.25, -0.2) is 0 Å². The van der Waals surface area contributed by atoms with E-state index in [2.05, 4.69) is 48.0 Å². The number of hydrogen-bond acceptors (Lipinski definition) is 0. The Morgan fingerprint density at radius 3 is 2.00 bits per heavy atom. The summed E-state index contributed by atoms with van der Waals surface area (Å²) in [4.78, 5) is 0. The Morgan fingerprint density at radius 1 is 1.17 bits per heavy atom. The van der Waals surface area contributed by atoms with Crippen LogP contribution in [0.25, 0.3) is 0 Å². The lowest BCUT2D eigenvalue weighted by Crippen LogP contribution is -2.16. The molecule has 1 unspecified atom stereocenters. The van der Waals surface area contributed by atoms with Gasteiger partial charge in [0, 0.05) is 0 Å².